The second-order valence-electron chi connectivity index (χ2n) is 5.02. The highest BCUT2D eigenvalue weighted by atomic mass is 32.2. The first-order chi connectivity index (χ1) is 11.3. The molecule has 0 bridgehead atoms. The minimum Gasteiger partial charge on any atom is -0.497 e. The molecule has 0 atom stereocenters. The lowest BCUT2D eigenvalue weighted by Crippen LogP contribution is -2.26. The van der Waals surface area contributed by atoms with Gasteiger partial charge < -0.3 is 4.74 Å². The molecule has 23 heavy (non-hydrogen) atoms. The molecule has 0 spiro atoms. The minimum atomic E-state index is 0.900. The molecule has 1 aromatic rings. The second kappa shape index (κ2) is 12.0. The van der Waals surface area contributed by atoms with Crippen molar-refractivity contribution in [3.05, 3.63) is 70.9 Å². The van der Waals surface area contributed by atoms with E-state index < -0.39 is 0 Å². The number of rotatable bonds is 3. The molecule has 1 aliphatic rings. The zero-order chi connectivity index (χ0) is 16.9. The van der Waals surface area contributed by atoms with Crippen LogP contribution in [0.2, 0.25) is 0 Å². The van der Waals surface area contributed by atoms with Gasteiger partial charge in [-0.15, -0.1) is 11.8 Å². The molecule has 2 nitrogen and oxygen atoms in total. The van der Waals surface area contributed by atoms with Crippen molar-refractivity contribution < 1.29 is 4.74 Å². The molecule has 0 aromatic heterocycles. The molecule has 0 amide bonds. The Morgan fingerprint density at radius 2 is 1.87 bits per heavy atom. The van der Waals surface area contributed by atoms with Gasteiger partial charge in [-0.25, -0.2) is 0 Å². The van der Waals surface area contributed by atoms with Gasteiger partial charge in [0.1, 0.15) is 5.76 Å². The number of ether oxygens (including phenoxy) is 1. The highest BCUT2D eigenvalue weighted by molar-refractivity contribution is 8.03. The number of hydrogen-bond donors (Lipinski definition) is 0. The van der Waals surface area contributed by atoms with Crippen LogP contribution in [0.3, 0.4) is 0 Å². The zero-order valence-electron chi connectivity index (χ0n) is 14.8. The van der Waals surface area contributed by atoms with Crippen LogP contribution in [0.25, 0.3) is 0 Å². The van der Waals surface area contributed by atoms with Gasteiger partial charge in [-0.2, -0.15) is 0 Å². The van der Waals surface area contributed by atoms with Crippen molar-refractivity contribution in [3.63, 3.8) is 0 Å². The van der Waals surface area contributed by atoms with E-state index in [1.54, 1.807) is 7.11 Å². The Hall–Kier alpha value is -1.45. The van der Waals surface area contributed by atoms with E-state index in [2.05, 4.69) is 60.4 Å². The van der Waals surface area contributed by atoms with E-state index in [0.29, 0.717) is 0 Å². The van der Waals surface area contributed by atoms with Crippen molar-refractivity contribution >= 4 is 11.8 Å². The molecule has 0 N–H and O–H groups in total. The second-order valence-corrected chi connectivity index (χ2v) is 6.36. The number of benzene rings is 1. The molecule has 0 radical (unpaired) electrons. The van der Waals surface area contributed by atoms with Crippen LogP contribution < -0.4 is 0 Å². The van der Waals surface area contributed by atoms with Crippen LogP contribution in [0.5, 0.6) is 0 Å². The Morgan fingerprint density at radius 1 is 1.13 bits per heavy atom. The van der Waals surface area contributed by atoms with Crippen molar-refractivity contribution in [2.45, 2.75) is 27.3 Å². The fourth-order valence-electron chi connectivity index (χ4n) is 2.17. The van der Waals surface area contributed by atoms with Gasteiger partial charge >= 0.3 is 0 Å². The summed E-state index contributed by atoms with van der Waals surface area (Å²) in [6, 6.07) is 10.6. The lowest BCUT2D eigenvalue weighted by molar-refractivity contribution is 0.302. The third kappa shape index (κ3) is 8.10. The van der Waals surface area contributed by atoms with E-state index in [-0.39, 0.29) is 0 Å². The SMILES string of the molecule is CC.COC1=C/C=C(\C)SCCN(Cc2ccccc2)C\C=C\1. The summed E-state index contributed by atoms with van der Waals surface area (Å²) in [5.41, 5.74) is 1.36. The maximum atomic E-state index is 5.37. The molecule has 0 saturated carbocycles. The molecule has 0 saturated heterocycles. The fourth-order valence-corrected chi connectivity index (χ4v) is 3.01. The summed E-state index contributed by atoms with van der Waals surface area (Å²) in [7, 11) is 1.72. The van der Waals surface area contributed by atoms with E-state index in [1.165, 1.54) is 10.5 Å². The Kier molecular flexibility index (Phi) is 10.3. The van der Waals surface area contributed by atoms with E-state index in [0.717, 1.165) is 31.1 Å². The zero-order valence-corrected chi connectivity index (χ0v) is 15.6. The average molecular weight is 332 g/mol. The highest BCUT2D eigenvalue weighted by Crippen LogP contribution is 2.17. The Balaban J connectivity index is 0.00000127. The number of nitrogens with zero attached hydrogens (tertiary/aromatic N) is 1. The minimum absolute atomic E-state index is 0.900. The van der Waals surface area contributed by atoms with Gasteiger partial charge in [-0.05, 0) is 35.6 Å². The van der Waals surface area contributed by atoms with E-state index in [9.17, 15) is 0 Å². The summed E-state index contributed by atoms with van der Waals surface area (Å²) in [6.07, 6.45) is 8.39. The Morgan fingerprint density at radius 3 is 2.57 bits per heavy atom. The topological polar surface area (TPSA) is 12.5 Å². The first kappa shape index (κ1) is 19.6. The Bertz CT molecular complexity index is 520. The number of hydrogen-bond acceptors (Lipinski definition) is 3. The summed E-state index contributed by atoms with van der Waals surface area (Å²) >= 11 is 1.90. The molecule has 1 aromatic carbocycles. The van der Waals surface area contributed by atoms with Crippen LogP contribution in [0, 0.1) is 0 Å². The van der Waals surface area contributed by atoms with Crippen LogP contribution in [-0.4, -0.2) is 30.9 Å². The van der Waals surface area contributed by atoms with Gasteiger partial charge in [0, 0.05) is 25.4 Å². The van der Waals surface area contributed by atoms with E-state index >= 15 is 0 Å². The molecule has 0 unspecified atom stereocenters. The summed E-state index contributed by atoms with van der Waals surface area (Å²) in [6.45, 7) is 9.16. The average Bonchev–Trinajstić information content (AvgIpc) is 2.63. The lowest BCUT2D eigenvalue weighted by atomic mass is 10.2. The van der Waals surface area contributed by atoms with Crippen molar-refractivity contribution in [1.82, 2.24) is 4.90 Å². The standard InChI is InChI=1S/C18H23NOS.C2H6/c1-16-10-11-18(20-2)9-6-12-19(13-14-21-16)15-17-7-4-3-5-8-17;1-2/h3-11H,12-15H2,1-2H3;1-2H3/b9-6+,16-10+,18-11+;. The first-order valence-electron chi connectivity index (χ1n) is 8.26. The summed E-state index contributed by atoms with van der Waals surface area (Å²) < 4.78 is 5.37. The van der Waals surface area contributed by atoms with E-state index in [1.807, 2.05) is 31.7 Å². The maximum absolute atomic E-state index is 5.37. The number of methoxy groups -OCH3 is 1. The first-order valence-corrected chi connectivity index (χ1v) is 9.24. The molecule has 3 heteroatoms. The van der Waals surface area contributed by atoms with Crippen molar-refractivity contribution in [2.75, 3.05) is 26.0 Å². The monoisotopic (exact) mass is 331 g/mol. The molecule has 2 rings (SSSR count). The van der Waals surface area contributed by atoms with Crippen LogP contribution in [0.15, 0.2) is 65.3 Å². The number of thioether (sulfide) groups is 1. The van der Waals surface area contributed by atoms with E-state index in [4.69, 9.17) is 4.74 Å². The number of allylic oxidation sites excluding steroid dienone is 4. The molecule has 1 heterocycles. The molecular formula is C20H29NOS. The van der Waals surface area contributed by atoms with Crippen molar-refractivity contribution in [2.24, 2.45) is 0 Å². The molecule has 126 valence electrons. The maximum Gasteiger partial charge on any atom is 0.118 e. The smallest absolute Gasteiger partial charge is 0.118 e. The quantitative estimate of drug-likeness (QED) is 0.750. The van der Waals surface area contributed by atoms with Crippen LogP contribution >= 0.6 is 11.8 Å². The van der Waals surface area contributed by atoms with Crippen molar-refractivity contribution in [1.29, 1.82) is 0 Å². The van der Waals surface area contributed by atoms with Crippen LogP contribution in [-0.2, 0) is 11.3 Å². The third-order valence-electron chi connectivity index (χ3n) is 3.35. The van der Waals surface area contributed by atoms with Gasteiger partial charge in [-0.3, -0.25) is 4.90 Å². The molecule has 1 aliphatic heterocycles. The molecule has 0 aliphatic carbocycles. The summed E-state index contributed by atoms with van der Waals surface area (Å²) in [5, 5.41) is 0. The van der Waals surface area contributed by atoms with Crippen LogP contribution in [0.1, 0.15) is 26.3 Å². The van der Waals surface area contributed by atoms with Gasteiger partial charge in [0.05, 0.1) is 7.11 Å². The van der Waals surface area contributed by atoms with Crippen molar-refractivity contribution in [3.8, 4) is 0 Å². The normalized spacial score (nSPS) is 22.3. The Labute approximate surface area is 145 Å². The lowest BCUT2D eigenvalue weighted by Gasteiger charge is -2.20. The third-order valence-corrected chi connectivity index (χ3v) is 4.33. The largest absolute Gasteiger partial charge is 0.497 e. The summed E-state index contributed by atoms with van der Waals surface area (Å²) in [5.74, 6) is 2.01. The summed E-state index contributed by atoms with van der Waals surface area (Å²) in [4.78, 5) is 3.78. The van der Waals surface area contributed by atoms with Gasteiger partial charge in [0.15, 0.2) is 0 Å². The van der Waals surface area contributed by atoms with Gasteiger partial charge in [0.25, 0.3) is 0 Å². The highest BCUT2D eigenvalue weighted by Gasteiger charge is 2.05. The predicted octanol–water partition coefficient (Wildman–Crippen LogP) is 5.25. The molecule has 0 fully saturated rings. The predicted molar refractivity (Wildman–Crippen MR) is 104 cm³/mol. The van der Waals surface area contributed by atoms with Gasteiger partial charge in [-0.1, -0.05) is 50.3 Å². The fraction of sp³-hybridized carbons (Fsp3) is 0.400. The molecular weight excluding hydrogens is 302 g/mol. The van der Waals surface area contributed by atoms with Gasteiger partial charge in [0.2, 0.25) is 0 Å². The van der Waals surface area contributed by atoms with Crippen LogP contribution in [0.4, 0.5) is 0 Å².